The Bertz CT molecular complexity index is 547. The lowest BCUT2D eigenvalue weighted by molar-refractivity contribution is -0.277. The van der Waals surface area contributed by atoms with Gasteiger partial charge in [-0.15, -0.1) is 0 Å². The number of phenolic OH excluding ortho intramolecular Hbond substituents is 1. The molecule has 1 aliphatic rings. The smallest absolute Gasteiger partial charge is 0.229 e. The maximum Gasteiger partial charge on any atom is 0.229 e. The van der Waals surface area contributed by atoms with Crippen molar-refractivity contribution in [2.24, 2.45) is 0 Å². The monoisotopic (exact) mass is 344 g/mol. The first-order valence-corrected chi connectivity index (χ1v) is 7.86. The van der Waals surface area contributed by atoms with E-state index in [1.807, 2.05) is 6.92 Å². The lowest BCUT2D eigenvalue weighted by Gasteiger charge is -2.39. The molecule has 1 fully saturated rings. The van der Waals surface area contributed by atoms with Crippen LogP contribution in [0.15, 0.2) is 12.1 Å². The third-order valence-corrected chi connectivity index (χ3v) is 4.11. The summed E-state index contributed by atoms with van der Waals surface area (Å²) in [7, 11) is 0. The van der Waals surface area contributed by atoms with Crippen LogP contribution >= 0.6 is 0 Å². The Hall–Kier alpha value is -1.42. The van der Waals surface area contributed by atoms with Gasteiger partial charge in [0, 0.05) is 11.1 Å². The van der Waals surface area contributed by atoms with E-state index in [0.29, 0.717) is 17.5 Å². The molecule has 8 nitrogen and oxygen atoms in total. The topological polar surface area (TPSA) is 140 Å². The summed E-state index contributed by atoms with van der Waals surface area (Å²) in [5.41, 5.74) is 0.885. The number of rotatable bonds is 6. The molecule has 0 radical (unpaired) electrons. The zero-order chi connectivity index (χ0) is 17.9. The molecule has 8 heteroatoms. The minimum Gasteiger partial charge on any atom is -0.508 e. The van der Waals surface area contributed by atoms with E-state index in [1.54, 1.807) is 0 Å². The van der Waals surface area contributed by atoms with Gasteiger partial charge in [0.25, 0.3) is 0 Å². The Kier molecular flexibility index (Phi) is 6.39. The van der Waals surface area contributed by atoms with Gasteiger partial charge in [0.05, 0.1) is 13.2 Å². The van der Waals surface area contributed by atoms with Gasteiger partial charge in [-0.05, 0) is 18.6 Å². The van der Waals surface area contributed by atoms with Crippen LogP contribution in [0, 0.1) is 0 Å². The molecule has 0 bridgehead atoms. The number of benzene rings is 1. The van der Waals surface area contributed by atoms with Gasteiger partial charge in [0.1, 0.15) is 35.9 Å². The van der Waals surface area contributed by atoms with Crippen LogP contribution in [0.2, 0.25) is 0 Å². The standard InChI is InChI=1S/C16H24O8/c1-2-3-8-9(6-17)11(5-4-10(8)19)23-16-15(22)14(21)13(20)12(7-18)24-16/h4-5,12-22H,2-3,6-7H2,1H3/t12-,13+,14+,15+,16+/m0/s1. The van der Waals surface area contributed by atoms with Crippen LogP contribution in [0.5, 0.6) is 11.5 Å². The van der Waals surface area contributed by atoms with Crippen LogP contribution in [-0.4, -0.2) is 68.0 Å². The Labute approximate surface area is 139 Å². The Balaban J connectivity index is 2.28. The van der Waals surface area contributed by atoms with E-state index in [9.17, 15) is 30.6 Å². The van der Waals surface area contributed by atoms with Crippen LogP contribution in [0.1, 0.15) is 24.5 Å². The fraction of sp³-hybridized carbons (Fsp3) is 0.625. The van der Waals surface area contributed by atoms with Crippen LogP contribution < -0.4 is 4.74 Å². The molecule has 0 amide bonds. The Morgan fingerprint density at radius 2 is 1.75 bits per heavy atom. The summed E-state index contributed by atoms with van der Waals surface area (Å²) in [6, 6.07) is 2.82. The van der Waals surface area contributed by atoms with E-state index in [0.717, 1.165) is 6.42 Å². The molecule has 0 saturated carbocycles. The first kappa shape index (κ1) is 18.9. The van der Waals surface area contributed by atoms with Crippen molar-refractivity contribution in [3.63, 3.8) is 0 Å². The molecular weight excluding hydrogens is 320 g/mol. The minimum atomic E-state index is -1.55. The summed E-state index contributed by atoms with van der Waals surface area (Å²) in [5.74, 6) is 0.213. The first-order chi connectivity index (χ1) is 11.4. The normalized spacial score (nSPS) is 30.3. The number of aliphatic hydroxyl groups excluding tert-OH is 5. The summed E-state index contributed by atoms with van der Waals surface area (Å²) in [6.45, 7) is 0.969. The molecule has 0 aliphatic carbocycles. The van der Waals surface area contributed by atoms with Gasteiger partial charge in [-0.25, -0.2) is 0 Å². The number of ether oxygens (including phenoxy) is 2. The summed E-state index contributed by atoms with van der Waals surface area (Å²) < 4.78 is 10.8. The van der Waals surface area contributed by atoms with E-state index in [2.05, 4.69) is 0 Å². The molecule has 2 rings (SSSR count). The van der Waals surface area contributed by atoms with Crippen molar-refractivity contribution in [1.82, 2.24) is 0 Å². The predicted octanol–water partition coefficient (Wildman–Crippen LogP) is -0.984. The molecule has 1 heterocycles. The number of aromatic hydroxyl groups is 1. The molecule has 6 N–H and O–H groups in total. The van der Waals surface area contributed by atoms with Crippen molar-refractivity contribution in [3.8, 4) is 11.5 Å². The number of hydrogen-bond donors (Lipinski definition) is 6. The summed E-state index contributed by atoms with van der Waals surface area (Å²) in [6.07, 6.45) is -5.73. The van der Waals surface area contributed by atoms with E-state index in [1.165, 1.54) is 12.1 Å². The fourth-order valence-electron chi connectivity index (χ4n) is 2.76. The SMILES string of the molecule is CCCc1c(O)ccc(O[C@@H]2O[C@@H](CO)[C@@H](O)[C@@H](O)[C@H]2O)c1CO. The van der Waals surface area contributed by atoms with Crippen molar-refractivity contribution in [3.05, 3.63) is 23.3 Å². The van der Waals surface area contributed by atoms with E-state index >= 15 is 0 Å². The third kappa shape index (κ3) is 3.64. The van der Waals surface area contributed by atoms with Crippen LogP contribution in [0.25, 0.3) is 0 Å². The fourth-order valence-corrected chi connectivity index (χ4v) is 2.76. The zero-order valence-electron chi connectivity index (χ0n) is 13.4. The van der Waals surface area contributed by atoms with Gasteiger partial charge in [0.15, 0.2) is 0 Å². The highest BCUT2D eigenvalue weighted by Crippen LogP contribution is 2.33. The second-order valence-corrected chi connectivity index (χ2v) is 5.76. The van der Waals surface area contributed by atoms with Gasteiger partial charge in [0.2, 0.25) is 6.29 Å². The van der Waals surface area contributed by atoms with Gasteiger partial charge >= 0.3 is 0 Å². The largest absolute Gasteiger partial charge is 0.508 e. The number of hydrogen-bond acceptors (Lipinski definition) is 8. The average Bonchev–Trinajstić information content (AvgIpc) is 2.58. The molecule has 1 saturated heterocycles. The van der Waals surface area contributed by atoms with Crippen molar-refractivity contribution in [2.45, 2.75) is 57.1 Å². The molecule has 0 unspecified atom stereocenters. The van der Waals surface area contributed by atoms with E-state index in [4.69, 9.17) is 9.47 Å². The highest BCUT2D eigenvalue weighted by molar-refractivity contribution is 5.48. The molecular formula is C16H24O8. The quantitative estimate of drug-likeness (QED) is 0.387. The maximum absolute atomic E-state index is 10.0. The van der Waals surface area contributed by atoms with Crippen molar-refractivity contribution in [2.75, 3.05) is 6.61 Å². The average molecular weight is 344 g/mol. The van der Waals surface area contributed by atoms with Crippen molar-refractivity contribution in [1.29, 1.82) is 0 Å². The minimum absolute atomic E-state index is 0.0297. The van der Waals surface area contributed by atoms with E-state index < -0.39 is 43.9 Å². The lowest BCUT2D eigenvalue weighted by atomic mass is 9.99. The number of aliphatic hydroxyl groups is 5. The van der Waals surface area contributed by atoms with Crippen molar-refractivity contribution < 1.29 is 40.1 Å². The number of phenols is 1. The molecule has 136 valence electrons. The molecule has 0 spiro atoms. The van der Waals surface area contributed by atoms with Crippen LogP contribution in [0.4, 0.5) is 0 Å². The summed E-state index contributed by atoms with van der Waals surface area (Å²) in [4.78, 5) is 0. The predicted molar refractivity (Wildman–Crippen MR) is 82.4 cm³/mol. The van der Waals surface area contributed by atoms with Gasteiger partial charge in [-0.1, -0.05) is 13.3 Å². The van der Waals surface area contributed by atoms with Gasteiger partial charge in [-0.3, -0.25) is 0 Å². The zero-order valence-corrected chi connectivity index (χ0v) is 13.4. The highest BCUT2D eigenvalue weighted by atomic mass is 16.7. The van der Waals surface area contributed by atoms with Crippen LogP contribution in [-0.2, 0) is 17.8 Å². The summed E-state index contributed by atoms with van der Waals surface area (Å²) in [5, 5.41) is 58.3. The second kappa shape index (κ2) is 8.11. The lowest BCUT2D eigenvalue weighted by Crippen LogP contribution is -2.60. The third-order valence-electron chi connectivity index (χ3n) is 4.11. The Morgan fingerprint density at radius 1 is 1.04 bits per heavy atom. The van der Waals surface area contributed by atoms with Gasteiger partial charge < -0.3 is 40.1 Å². The van der Waals surface area contributed by atoms with Crippen LogP contribution in [0.3, 0.4) is 0 Å². The second-order valence-electron chi connectivity index (χ2n) is 5.76. The Morgan fingerprint density at radius 3 is 2.33 bits per heavy atom. The summed E-state index contributed by atoms with van der Waals surface area (Å²) >= 11 is 0. The van der Waals surface area contributed by atoms with Gasteiger partial charge in [-0.2, -0.15) is 0 Å². The molecule has 1 aromatic rings. The molecule has 1 aromatic carbocycles. The van der Waals surface area contributed by atoms with Crippen molar-refractivity contribution >= 4 is 0 Å². The molecule has 0 aromatic heterocycles. The van der Waals surface area contributed by atoms with E-state index in [-0.39, 0.29) is 11.5 Å². The molecule has 24 heavy (non-hydrogen) atoms. The first-order valence-electron chi connectivity index (χ1n) is 7.86. The molecule has 1 aliphatic heterocycles. The highest BCUT2D eigenvalue weighted by Gasteiger charge is 2.44. The molecule has 5 atom stereocenters. The maximum atomic E-state index is 10.0.